The molecule has 0 rings (SSSR count). The molecule has 0 aliphatic rings. The normalized spacial score (nSPS) is 15.7. The Morgan fingerprint density at radius 3 is 2.38 bits per heavy atom. The molecule has 0 spiro atoms. The van der Waals surface area contributed by atoms with Crippen LogP contribution in [0.15, 0.2) is 0 Å². The zero-order valence-electron chi connectivity index (χ0n) is 8.79. The van der Waals surface area contributed by atoms with Gasteiger partial charge in [-0.1, -0.05) is 32.6 Å². The van der Waals surface area contributed by atoms with Crippen LogP contribution in [0.2, 0.25) is 0 Å². The van der Waals surface area contributed by atoms with Crippen LogP contribution in [-0.4, -0.2) is 29.1 Å². The van der Waals surface area contributed by atoms with Crippen LogP contribution in [-0.2, 0) is 0 Å². The Kier molecular flexibility index (Phi) is 8.40. The van der Waals surface area contributed by atoms with Crippen molar-refractivity contribution in [3.8, 4) is 0 Å². The number of hydrogen-bond donors (Lipinski definition) is 3. The summed E-state index contributed by atoms with van der Waals surface area (Å²) in [7, 11) is 0. The quantitative estimate of drug-likeness (QED) is 0.398. The van der Waals surface area contributed by atoms with Crippen LogP contribution in [0.5, 0.6) is 0 Å². The van der Waals surface area contributed by atoms with E-state index in [1.54, 1.807) is 6.92 Å². The third kappa shape index (κ3) is 9.80. The van der Waals surface area contributed by atoms with Gasteiger partial charge in [0.15, 0.2) is 0 Å². The van der Waals surface area contributed by atoms with E-state index in [-0.39, 0.29) is 6.10 Å². The number of aliphatic hydroxyl groups excluding tert-OH is 2. The molecule has 0 aromatic carbocycles. The van der Waals surface area contributed by atoms with Gasteiger partial charge in [-0.2, -0.15) is 0 Å². The first-order chi connectivity index (χ1) is 6.16. The van der Waals surface area contributed by atoms with Gasteiger partial charge in [0.05, 0.1) is 6.10 Å². The van der Waals surface area contributed by atoms with Crippen LogP contribution >= 0.6 is 0 Å². The lowest BCUT2D eigenvalue weighted by atomic mass is 10.1. The summed E-state index contributed by atoms with van der Waals surface area (Å²) in [5.41, 5.74) is 0. The molecule has 0 bridgehead atoms. The van der Waals surface area contributed by atoms with Crippen molar-refractivity contribution in [3.05, 3.63) is 0 Å². The molecular formula is C10H23NO2. The summed E-state index contributed by atoms with van der Waals surface area (Å²) in [6.45, 7) is 4.32. The Labute approximate surface area is 81.2 Å². The van der Waals surface area contributed by atoms with Gasteiger partial charge in [-0.3, -0.25) is 5.32 Å². The van der Waals surface area contributed by atoms with Gasteiger partial charge in [-0.15, -0.1) is 0 Å². The average Bonchev–Trinajstić information content (AvgIpc) is 2.09. The molecule has 0 radical (unpaired) electrons. The van der Waals surface area contributed by atoms with Crippen LogP contribution in [0.25, 0.3) is 0 Å². The first-order valence-electron chi connectivity index (χ1n) is 5.26. The fourth-order valence-electron chi connectivity index (χ4n) is 1.22. The highest BCUT2D eigenvalue weighted by Gasteiger charge is 2.04. The topological polar surface area (TPSA) is 52.5 Å². The molecule has 0 aliphatic heterocycles. The van der Waals surface area contributed by atoms with E-state index in [1.165, 1.54) is 19.3 Å². The van der Waals surface area contributed by atoms with Crippen molar-refractivity contribution in [2.45, 2.75) is 58.3 Å². The third-order valence-electron chi connectivity index (χ3n) is 2.04. The molecular weight excluding hydrogens is 166 g/mol. The van der Waals surface area contributed by atoms with Crippen LogP contribution in [0.3, 0.4) is 0 Å². The first kappa shape index (κ1) is 12.9. The summed E-state index contributed by atoms with van der Waals surface area (Å²) in [5, 5.41) is 21.1. The standard InChI is InChI=1S/C10H23NO2/c1-3-4-5-6-7-10(13)8-11-9(2)12/h9-13H,3-8H2,1-2H3. The fraction of sp³-hybridized carbons (Fsp3) is 1.00. The van der Waals surface area contributed by atoms with Crippen molar-refractivity contribution >= 4 is 0 Å². The highest BCUT2D eigenvalue weighted by molar-refractivity contribution is 4.59. The molecule has 3 nitrogen and oxygen atoms in total. The van der Waals surface area contributed by atoms with E-state index in [9.17, 15) is 5.11 Å². The minimum absolute atomic E-state index is 0.313. The zero-order valence-corrected chi connectivity index (χ0v) is 8.79. The second-order valence-corrected chi connectivity index (χ2v) is 3.59. The lowest BCUT2D eigenvalue weighted by Gasteiger charge is -2.12. The molecule has 0 heterocycles. The average molecular weight is 189 g/mol. The SMILES string of the molecule is CCCCCCC(O)CNC(C)O. The molecule has 3 N–H and O–H groups in total. The molecule has 0 fully saturated rings. The second kappa shape index (κ2) is 8.48. The van der Waals surface area contributed by atoms with Gasteiger partial charge in [-0.25, -0.2) is 0 Å². The minimum Gasteiger partial charge on any atom is -0.392 e. The summed E-state index contributed by atoms with van der Waals surface area (Å²) < 4.78 is 0. The van der Waals surface area contributed by atoms with Crippen LogP contribution < -0.4 is 5.32 Å². The smallest absolute Gasteiger partial charge is 0.102 e. The molecule has 80 valence electrons. The van der Waals surface area contributed by atoms with Gasteiger partial charge in [0, 0.05) is 6.54 Å². The van der Waals surface area contributed by atoms with Crippen molar-refractivity contribution in [2.75, 3.05) is 6.54 Å². The molecule has 2 atom stereocenters. The largest absolute Gasteiger partial charge is 0.392 e. The molecule has 0 saturated heterocycles. The summed E-state index contributed by atoms with van der Waals surface area (Å²) >= 11 is 0. The predicted molar refractivity (Wildman–Crippen MR) is 54.4 cm³/mol. The Balaban J connectivity index is 3.15. The van der Waals surface area contributed by atoms with E-state index >= 15 is 0 Å². The Bertz CT molecular complexity index is 107. The maximum atomic E-state index is 9.42. The molecule has 3 heteroatoms. The summed E-state index contributed by atoms with van der Waals surface area (Å²) in [5.74, 6) is 0. The van der Waals surface area contributed by atoms with E-state index in [0.717, 1.165) is 12.8 Å². The molecule has 0 aromatic rings. The molecule has 0 aliphatic carbocycles. The van der Waals surface area contributed by atoms with E-state index in [2.05, 4.69) is 12.2 Å². The van der Waals surface area contributed by atoms with Gasteiger partial charge >= 0.3 is 0 Å². The third-order valence-corrected chi connectivity index (χ3v) is 2.04. The van der Waals surface area contributed by atoms with Crippen LogP contribution in [0.4, 0.5) is 0 Å². The van der Waals surface area contributed by atoms with Crippen molar-refractivity contribution < 1.29 is 10.2 Å². The number of hydrogen-bond acceptors (Lipinski definition) is 3. The van der Waals surface area contributed by atoms with Gasteiger partial charge in [-0.05, 0) is 13.3 Å². The van der Waals surface area contributed by atoms with Gasteiger partial charge in [0.2, 0.25) is 0 Å². The molecule has 2 unspecified atom stereocenters. The monoisotopic (exact) mass is 189 g/mol. The highest BCUT2D eigenvalue weighted by Crippen LogP contribution is 2.04. The van der Waals surface area contributed by atoms with Gasteiger partial charge < -0.3 is 10.2 Å². The van der Waals surface area contributed by atoms with E-state index < -0.39 is 6.23 Å². The minimum atomic E-state index is -0.523. The number of nitrogens with one attached hydrogen (secondary N) is 1. The number of rotatable bonds is 8. The first-order valence-corrected chi connectivity index (χ1v) is 5.26. The van der Waals surface area contributed by atoms with Crippen LogP contribution in [0, 0.1) is 0 Å². The van der Waals surface area contributed by atoms with Crippen molar-refractivity contribution in [2.24, 2.45) is 0 Å². The lowest BCUT2D eigenvalue weighted by molar-refractivity contribution is 0.108. The highest BCUT2D eigenvalue weighted by atomic mass is 16.3. The molecule has 0 saturated carbocycles. The van der Waals surface area contributed by atoms with Crippen molar-refractivity contribution in [3.63, 3.8) is 0 Å². The number of aliphatic hydroxyl groups is 2. The Morgan fingerprint density at radius 2 is 1.85 bits per heavy atom. The predicted octanol–water partition coefficient (Wildman–Crippen LogP) is 1.25. The van der Waals surface area contributed by atoms with Crippen molar-refractivity contribution in [1.82, 2.24) is 5.32 Å². The zero-order chi connectivity index (χ0) is 10.1. The van der Waals surface area contributed by atoms with Gasteiger partial charge in [0.25, 0.3) is 0 Å². The van der Waals surface area contributed by atoms with Gasteiger partial charge in [0.1, 0.15) is 6.23 Å². The van der Waals surface area contributed by atoms with Crippen LogP contribution in [0.1, 0.15) is 46.0 Å². The summed E-state index contributed by atoms with van der Waals surface area (Å²) in [6.07, 6.45) is 4.74. The Morgan fingerprint density at radius 1 is 1.15 bits per heavy atom. The second-order valence-electron chi connectivity index (χ2n) is 3.59. The fourth-order valence-corrected chi connectivity index (χ4v) is 1.22. The molecule has 13 heavy (non-hydrogen) atoms. The lowest BCUT2D eigenvalue weighted by Crippen LogP contribution is -2.33. The summed E-state index contributed by atoms with van der Waals surface area (Å²) in [4.78, 5) is 0. The molecule has 0 aromatic heterocycles. The number of unbranched alkanes of at least 4 members (excludes halogenated alkanes) is 3. The summed E-state index contributed by atoms with van der Waals surface area (Å²) in [6, 6.07) is 0. The maximum Gasteiger partial charge on any atom is 0.102 e. The molecule has 0 amide bonds. The van der Waals surface area contributed by atoms with E-state index in [4.69, 9.17) is 5.11 Å². The van der Waals surface area contributed by atoms with Crippen molar-refractivity contribution in [1.29, 1.82) is 0 Å². The maximum absolute atomic E-state index is 9.42. The van der Waals surface area contributed by atoms with E-state index in [1.807, 2.05) is 0 Å². The Hall–Kier alpha value is -0.120. The van der Waals surface area contributed by atoms with E-state index in [0.29, 0.717) is 6.54 Å².